The van der Waals surface area contributed by atoms with Crippen LogP contribution in [0.15, 0.2) is 24.3 Å². The Morgan fingerprint density at radius 3 is 2.55 bits per heavy atom. The molecule has 6 heteroatoms. The van der Waals surface area contributed by atoms with Crippen LogP contribution >= 0.6 is 0 Å². The van der Waals surface area contributed by atoms with Gasteiger partial charge in [0.1, 0.15) is 0 Å². The number of amides is 1. The summed E-state index contributed by atoms with van der Waals surface area (Å²) in [5.74, 6) is -0.239. The standard InChI is InChI=1S/C14H20N2O3S/c1-2-20(18,19)16-13-10-6-5-9-12(13)14(17)15-11-7-3-4-8-11/h5-6,9-11,16H,2-4,7-8H2,1H3,(H,15,17). The second-order valence-corrected chi connectivity index (χ2v) is 7.02. The number of anilines is 1. The minimum atomic E-state index is -3.39. The molecule has 0 heterocycles. The van der Waals surface area contributed by atoms with Crippen LogP contribution in [0.4, 0.5) is 5.69 Å². The van der Waals surface area contributed by atoms with Crippen LogP contribution in [0.2, 0.25) is 0 Å². The van der Waals surface area contributed by atoms with Gasteiger partial charge < -0.3 is 5.32 Å². The SMILES string of the molecule is CCS(=O)(=O)Nc1ccccc1C(=O)NC1CCCC1. The van der Waals surface area contributed by atoms with Crippen LogP contribution in [0.3, 0.4) is 0 Å². The molecule has 1 amide bonds. The third-order valence-electron chi connectivity index (χ3n) is 3.51. The maximum absolute atomic E-state index is 12.2. The van der Waals surface area contributed by atoms with E-state index < -0.39 is 10.0 Å². The molecule has 1 aromatic rings. The molecule has 0 saturated heterocycles. The zero-order chi connectivity index (χ0) is 14.6. The second-order valence-electron chi connectivity index (χ2n) is 5.01. The molecule has 0 aromatic heterocycles. The monoisotopic (exact) mass is 296 g/mol. The first-order valence-electron chi connectivity index (χ1n) is 6.92. The molecule has 1 saturated carbocycles. The highest BCUT2D eigenvalue weighted by molar-refractivity contribution is 7.92. The summed E-state index contributed by atoms with van der Waals surface area (Å²) in [6.07, 6.45) is 4.26. The Bertz CT molecular complexity index is 578. The molecule has 2 rings (SSSR count). The molecule has 110 valence electrons. The molecule has 20 heavy (non-hydrogen) atoms. The summed E-state index contributed by atoms with van der Waals surface area (Å²) < 4.78 is 25.7. The van der Waals surface area contributed by atoms with Gasteiger partial charge in [-0.05, 0) is 31.9 Å². The van der Waals surface area contributed by atoms with E-state index in [0.29, 0.717) is 11.3 Å². The van der Waals surface area contributed by atoms with Crippen molar-refractivity contribution in [3.8, 4) is 0 Å². The minimum Gasteiger partial charge on any atom is -0.349 e. The Morgan fingerprint density at radius 2 is 1.90 bits per heavy atom. The van der Waals surface area contributed by atoms with E-state index in [0.717, 1.165) is 25.7 Å². The smallest absolute Gasteiger partial charge is 0.253 e. The van der Waals surface area contributed by atoms with Gasteiger partial charge in [-0.1, -0.05) is 25.0 Å². The van der Waals surface area contributed by atoms with Crippen LogP contribution in [-0.2, 0) is 10.0 Å². The van der Waals surface area contributed by atoms with E-state index in [1.54, 1.807) is 31.2 Å². The molecule has 1 aromatic carbocycles. The van der Waals surface area contributed by atoms with Gasteiger partial charge in [-0.2, -0.15) is 0 Å². The molecule has 2 N–H and O–H groups in total. The van der Waals surface area contributed by atoms with Gasteiger partial charge in [0.2, 0.25) is 10.0 Å². The molecule has 0 spiro atoms. The lowest BCUT2D eigenvalue weighted by Crippen LogP contribution is -2.33. The predicted molar refractivity (Wildman–Crippen MR) is 79.2 cm³/mol. The van der Waals surface area contributed by atoms with Crippen molar-refractivity contribution in [2.24, 2.45) is 0 Å². The zero-order valence-corrected chi connectivity index (χ0v) is 12.4. The largest absolute Gasteiger partial charge is 0.349 e. The topological polar surface area (TPSA) is 75.3 Å². The highest BCUT2D eigenvalue weighted by atomic mass is 32.2. The van der Waals surface area contributed by atoms with Gasteiger partial charge in [0, 0.05) is 6.04 Å². The Morgan fingerprint density at radius 1 is 1.25 bits per heavy atom. The van der Waals surface area contributed by atoms with Gasteiger partial charge in [-0.3, -0.25) is 9.52 Å². The fraction of sp³-hybridized carbons (Fsp3) is 0.500. The minimum absolute atomic E-state index is 0.0222. The molecule has 0 radical (unpaired) electrons. The van der Waals surface area contributed by atoms with Crippen molar-refractivity contribution in [1.82, 2.24) is 5.32 Å². The summed E-state index contributed by atoms with van der Waals surface area (Å²) in [6.45, 7) is 1.56. The molecule has 0 bridgehead atoms. The van der Waals surface area contributed by atoms with E-state index in [9.17, 15) is 13.2 Å². The van der Waals surface area contributed by atoms with Crippen molar-refractivity contribution in [3.63, 3.8) is 0 Å². The molecule has 0 aliphatic heterocycles. The summed E-state index contributed by atoms with van der Waals surface area (Å²) in [5, 5.41) is 2.97. The van der Waals surface area contributed by atoms with Crippen molar-refractivity contribution < 1.29 is 13.2 Å². The van der Waals surface area contributed by atoms with Gasteiger partial charge in [0.25, 0.3) is 5.91 Å². The maximum atomic E-state index is 12.2. The molecule has 5 nitrogen and oxygen atoms in total. The number of rotatable bonds is 5. The summed E-state index contributed by atoms with van der Waals surface area (Å²) in [4.78, 5) is 12.2. The Balaban J connectivity index is 2.16. The highest BCUT2D eigenvalue weighted by Gasteiger charge is 2.20. The van der Waals surface area contributed by atoms with Crippen LogP contribution in [0, 0.1) is 0 Å². The first-order chi connectivity index (χ1) is 9.52. The van der Waals surface area contributed by atoms with E-state index in [4.69, 9.17) is 0 Å². The zero-order valence-electron chi connectivity index (χ0n) is 11.6. The molecule has 0 unspecified atom stereocenters. The van der Waals surface area contributed by atoms with Gasteiger partial charge in [-0.25, -0.2) is 8.42 Å². The number of nitrogens with one attached hydrogen (secondary N) is 2. The van der Waals surface area contributed by atoms with Gasteiger partial charge in [0.05, 0.1) is 17.0 Å². The number of carbonyl (C=O) groups is 1. The molecular weight excluding hydrogens is 276 g/mol. The van der Waals surface area contributed by atoms with Gasteiger partial charge in [-0.15, -0.1) is 0 Å². The number of benzene rings is 1. The Labute approximate surface area is 119 Å². The van der Waals surface area contributed by atoms with E-state index in [1.165, 1.54) is 0 Å². The van der Waals surface area contributed by atoms with Crippen LogP contribution in [0.25, 0.3) is 0 Å². The quantitative estimate of drug-likeness (QED) is 0.874. The highest BCUT2D eigenvalue weighted by Crippen LogP contribution is 2.20. The second kappa shape index (κ2) is 6.26. The van der Waals surface area contributed by atoms with Crippen molar-refractivity contribution in [1.29, 1.82) is 0 Å². The number of carbonyl (C=O) groups excluding carboxylic acids is 1. The third-order valence-corrected chi connectivity index (χ3v) is 4.80. The molecule has 1 aliphatic carbocycles. The van der Waals surface area contributed by atoms with Crippen LogP contribution < -0.4 is 10.0 Å². The lowest BCUT2D eigenvalue weighted by Gasteiger charge is -2.15. The Kier molecular flexibility index (Phi) is 4.65. The Hall–Kier alpha value is -1.56. The summed E-state index contributed by atoms with van der Waals surface area (Å²) in [7, 11) is -3.39. The first-order valence-corrected chi connectivity index (χ1v) is 8.57. The van der Waals surface area contributed by atoms with E-state index in [1.807, 2.05) is 0 Å². The van der Waals surface area contributed by atoms with E-state index in [2.05, 4.69) is 10.0 Å². The van der Waals surface area contributed by atoms with Crippen molar-refractivity contribution in [3.05, 3.63) is 29.8 Å². The number of para-hydroxylation sites is 1. The number of sulfonamides is 1. The van der Waals surface area contributed by atoms with Crippen molar-refractivity contribution >= 4 is 21.6 Å². The van der Waals surface area contributed by atoms with Gasteiger partial charge >= 0.3 is 0 Å². The third kappa shape index (κ3) is 3.72. The molecular formula is C14H20N2O3S. The van der Waals surface area contributed by atoms with Crippen LogP contribution in [0.5, 0.6) is 0 Å². The molecule has 1 fully saturated rings. The first kappa shape index (κ1) is 14.8. The number of hydrogen-bond donors (Lipinski definition) is 2. The summed E-state index contributed by atoms with van der Waals surface area (Å²) in [5.41, 5.74) is 0.710. The van der Waals surface area contributed by atoms with Gasteiger partial charge in [0.15, 0.2) is 0 Å². The fourth-order valence-electron chi connectivity index (χ4n) is 2.34. The summed E-state index contributed by atoms with van der Waals surface area (Å²) in [6, 6.07) is 6.89. The van der Waals surface area contributed by atoms with E-state index in [-0.39, 0.29) is 17.7 Å². The fourth-order valence-corrected chi connectivity index (χ4v) is 3.00. The van der Waals surface area contributed by atoms with Crippen LogP contribution in [-0.4, -0.2) is 26.1 Å². The summed E-state index contributed by atoms with van der Waals surface area (Å²) >= 11 is 0. The lowest BCUT2D eigenvalue weighted by molar-refractivity contribution is 0.0939. The number of hydrogen-bond acceptors (Lipinski definition) is 3. The van der Waals surface area contributed by atoms with Crippen LogP contribution in [0.1, 0.15) is 43.0 Å². The van der Waals surface area contributed by atoms with Crippen molar-refractivity contribution in [2.45, 2.75) is 38.6 Å². The molecule has 1 aliphatic rings. The maximum Gasteiger partial charge on any atom is 0.253 e. The molecule has 0 atom stereocenters. The predicted octanol–water partition coefficient (Wildman–Crippen LogP) is 2.12. The van der Waals surface area contributed by atoms with Crippen molar-refractivity contribution in [2.75, 3.05) is 10.5 Å². The average molecular weight is 296 g/mol. The lowest BCUT2D eigenvalue weighted by atomic mass is 10.1. The normalized spacial score (nSPS) is 16.1. The average Bonchev–Trinajstić information content (AvgIpc) is 2.91. The van der Waals surface area contributed by atoms with E-state index >= 15 is 0 Å².